The summed E-state index contributed by atoms with van der Waals surface area (Å²) in [5.41, 5.74) is 0. The number of quaternary nitrogens is 1. The summed E-state index contributed by atoms with van der Waals surface area (Å²) in [7, 11) is 1.16. The van der Waals surface area contributed by atoms with Gasteiger partial charge in [0.2, 0.25) is 5.91 Å². The van der Waals surface area contributed by atoms with Gasteiger partial charge < -0.3 is 28.5 Å². The molecule has 0 saturated carbocycles. The fourth-order valence-corrected chi connectivity index (χ4v) is 8.75. The molecule has 0 aromatic rings. The minimum Gasteiger partial charge on any atom is -0.756 e. The Hall–Kier alpha value is -2.55. The number of rotatable bonds is 52. The lowest BCUT2D eigenvalue weighted by atomic mass is 10.1. The van der Waals surface area contributed by atoms with Gasteiger partial charge in [-0.3, -0.25) is 14.2 Å². The molecule has 0 rings (SSSR count). The van der Waals surface area contributed by atoms with Crippen molar-refractivity contribution < 1.29 is 37.3 Å². The molecular formula is C61H111N2O7P. The molecule has 9 nitrogen and oxygen atoms in total. The van der Waals surface area contributed by atoms with Gasteiger partial charge in [0, 0.05) is 12.8 Å². The average Bonchev–Trinajstić information content (AvgIpc) is 3.33. The first-order chi connectivity index (χ1) is 34.4. The van der Waals surface area contributed by atoms with Crippen LogP contribution in [-0.2, 0) is 27.9 Å². The van der Waals surface area contributed by atoms with Gasteiger partial charge >= 0.3 is 5.97 Å². The van der Waals surface area contributed by atoms with E-state index in [1.54, 1.807) is 0 Å². The third kappa shape index (κ3) is 52.1. The van der Waals surface area contributed by atoms with E-state index in [0.717, 1.165) is 96.3 Å². The van der Waals surface area contributed by atoms with Crippen LogP contribution in [0.15, 0.2) is 72.9 Å². The minimum atomic E-state index is -4.70. The fourth-order valence-electron chi connectivity index (χ4n) is 8.03. The molecule has 0 heterocycles. The number of likely N-dealkylation sites (N-methyl/N-ethyl adjacent to an activating group) is 1. The maximum Gasteiger partial charge on any atom is 0.306 e. The van der Waals surface area contributed by atoms with E-state index in [2.05, 4.69) is 86.8 Å². The van der Waals surface area contributed by atoms with E-state index in [4.69, 9.17) is 13.8 Å². The lowest BCUT2D eigenvalue weighted by Gasteiger charge is -2.30. The van der Waals surface area contributed by atoms with E-state index in [1.807, 2.05) is 33.3 Å². The van der Waals surface area contributed by atoms with Crippen LogP contribution in [-0.4, -0.2) is 69.4 Å². The van der Waals surface area contributed by atoms with Gasteiger partial charge in [0.1, 0.15) is 19.3 Å². The molecule has 0 aromatic heterocycles. The van der Waals surface area contributed by atoms with Crippen molar-refractivity contribution in [2.45, 2.75) is 264 Å². The Morgan fingerprint density at radius 2 is 0.859 bits per heavy atom. The van der Waals surface area contributed by atoms with Crippen LogP contribution in [0.4, 0.5) is 0 Å². The van der Waals surface area contributed by atoms with Gasteiger partial charge in [0.25, 0.3) is 7.82 Å². The van der Waals surface area contributed by atoms with Crippen LogP contribution in [0.2, 0.25) is 0 Å². The van der Waals surface area contributed by atoms with Crippen molar-refractivity contribution in [1.29, 1.82) is 0 Å². The largest absolute Gasteiger partial charge is 0.756 e. The first kappa shape index (κ1) is 68.5. The third-order valence-corrected chi connectivity index (χ3v) is 13.6. The average molecular weight is 1020 g/mol. The van der Waals surface area contributed by atoms with Crippen molar-refractivity contribution in [2.75, 3.05) is 40.9 Å². The number of amides is 1. The molecule has 0 radical (unpaired) electrons. The van der Waals surface area contributed by atoms with Crippen molar-refractivity contribution >= 4 is 19.7 Å². The van der Waals surface area contributed by atoms with Crippen molar-refractivity contribution in [3.8, 4) is 0 Å². The number of hydrogen-bond acceptors (Lipinski definition) is 7. The summed E-state index contributed by atoms with van der Waals surface area (Å²) in [5.74, 6) is -0.583. The molecule has 1 N–H and O–H groups in total. The minimum absolute atomic E-state index is 0.0306. The Morgan fingerprint density at radius 1 is 0.493 bits per heavy atom. The molecule has 412 valence electrons. The van der Waals surface area contributed by atoms with Crippen molar-refractivity contribution in [3.05, 3.63) is 72.9 Å². The Kier molecular flexibility index (Phi) is 49.1. The van der Waals surface area contributed by atoms with Gasteiger partial charge in [-0.1, -0.05) is 210 Å². The summed E-state index contributed by atoms with van der Waals surface area (Å²) in [6.45, 7) is 6.77. The van der Waals surface area contributed by atoms with Crippen LogP contribution in [0.5, 0.6) is 0 Å². The molecule has 0 saturated heterocycles. The van der Waals surface area contributed by atoms with E-state index in [1.165, 1.54) is 109 Å². The predicted octanol–water partition coefficient (Wildman–Crippen LogP) is 17.0. The fraction of sp³-hybridized carbons (Fsp3) is 0.770. The quantitative estimate of drug-likeness (QED) is 0.0212. The maximum absolute atomic E-state index is 13.4. The Morgan fingerprint density at radius 3 is 1.34 bits per heavy atom. The van der Waals surface area contributed by atoms with Crippen LogP contribution in [0.3, 0.4) is 0 Å². The zero-order chi connectivity index (χ0) is 52.2. The van der Waals surface area contributed by atoms with E-state index >= 15 is 0 Å². The topological polar surface area (TPSA) is 114 Å². The first-order valence-electron chi connectivity index (χ1n) is 29.2. The summed E-state index contributed by atoms with van der Waals surface area (Å²) < 4.78 is 30.2. The molecule has 0 aromatic carbocycles. The van der Waals surface area contributed by atoms with Gasteiger partial charge in [-0.25, -0.2) is 0 Å². The highest BCUT2D eigenvalue weighted by atomic mass is 31.2. The van der Waals surface area contributed by atoms with Crippen LogP contribution < -0.4 is 10.2 Å². The number of esters is 1. The summed E-state index contributed by atoms with van der Waals surface area (Å²) in [4.78, 5) is 39.8. The molecule has 0 aliphatic rings. The molecule has 0 aliphatic heterocycles. The molecule has 10 heteroatoms. The Labute approximate surface area is 438 Å². The maximum atomic E-state index is 13.4. The molecule has 1 amide bonds. The monoisotopic (exact) mass is 1010 g/mol. The van der Waals surface area contributed by atoms with Gasteiger partial charge in [-0.15, -0.1) is 0 Å². The summed E-state index contributed by atoms with van der Waals surface area (Å²) in [5, 5.41) is 3.00. The zero-order valence-corrected chi connectivity index (χ0v) is 47.8. The predicted molar refractivity (Wildman–Crippen MR) is 302 cm³/mol. The number of ether oxygens (including phenoxy) is 1. The Balaban J connectivity index is 5.31. The number of phosphoric ester groups is 1. The summed E-state index contributed by atoms with van der Waals surface area (Å²) >= 11 is 0. The summed E-state index contributed by atoms with van der Waals surface area (Å²) in [6, 6.07) is -0.905. The smallest absolute Gasteiger partial charge is 0.306 e. The molecule has 3 atom stereocenters. The van der Waals surface area contributed by atoms with E-state index in [0.29, 0.717) is 23.9 Å². The van der Waals surface area contributed by atoms with Crippen LogP contribution in [0.25, 0.3) is 0 Å². The van der Waals surface area contributed by atoms with Gasteiger partial charge in [-0.2, -0.15) is 0 Å². The highest BCUT2D eigenvalue weighted by Gasteiger charge is 2.27. The molecule has 0 fully saturated rings. The van der Waals surface area contributed by atoms with Crippen LogP contribution in [0, 0.1) is 0 Å². The molecular weight excluding hydrogens is 904 g/mol. The van der Waals surface area contributed by atoms with Gasteiger partial charge in [0.05, 0.1) is 33.8 Å². The molecule has 0 spiro atoms. The second kappa shape index (κ2) is 51.0. The number of phosphoric acid groups is 1. The highest BCUT2D eigenvalue weighted by Crippen LogP contribution is 2.38. The van der Waals surface area contributed by atoms with Crippen LogP contribution >= 0.6 is 7.82 Å². The number of carbonyl (C=O) groups is 2. The molecule has 0 aliphatic carbocycles. The number of nitrogens with zero attached hydrogens (tertiary/aromatic N) is 1. The normalized spacial score (nSPS) is 14.3. The SMILES string of the molecule is CCCCC/C=C\C/C=C\C/C=C\C/C=C\CCCCCCCC(=O)OC(/C=C\CCCCCCCCCCC)C(COP(=O)([O-])OCC[N+](C)(C)C)NC(=O)CCCCC/C=C\CCCCCCCC. The number of hydrogen-bond donors (Lipinski definition) is 1. The van der Waals surface area contributed by atoms with E-state index in [9.17, 15) is 19.0 Å². The third-order valence-electron chi connectivity index (χ3n) is 12.6. The standard InChI is InChI=1S/C61H111N2O7P/c1-7-10-13-16-19-22-25-27-28-29-30-31-32-33-34-36-39-42-45-48-51-54-61(65)70-59(52-49-46-43-40-37-24-21-18-15-12-9-3)58(57-69-71(66,67)68-56-55-63(4,5)6)62-60(64)53-50-47-44-41-38-35-26-23-20-17-14-11-8-2/h19,22,27-28,30-31,33-35,38,49,52,58-59H,7-18,20-21,23-26,29,32,36-37,39-48,50-51,53-57H2,1-6H3,(H-,62,64,66,67)/b22-19-,28-27-,31-30-,34-33-,38-35-,52-49-. The van der Waals surface area contributed by atoms with Crippen LogP contribution in [0.1, 0.15) is 252 Å². The number of allylic oxidation sites excluding steroid dienone is 11. The molecule has 0 bridgehead atoms. The van der Waals surface area contributed by atoms with E-state index in [-0.39, 0.29) is 31.3 Å². The lowest BCUT2D eigenvalue weighted by molar-refractivity contribution is -0.870. The second-order valence-corrected chi connectivity index (χ2v) is 22.2. The number of carbonyl (C=O) groups excluding carboxylic acids is 2. The highest BCUT2D eigenvalue weighted by molar-refractivity contribution is 7.45. The molecule has 3 unspecified atom stereocenters. The van der Waals surface area contributed by atoms with Gasteiger partial charge in [-0.05, 0) is 102 Å². The van der Waals surface area contributed by atoms with E-state index < -0.39 is 26.6 Å². The lowest BCUT2D eigenvalue weighted by Crippen LogP contribution is -2.47. The first-order valence-corrected chi connectivity index (χ1v) is 30.7. The van der Waals surface area contributed by atoms with Crippen molar-refractivity contribution in [3.63, 3.8) is 0 Å². The molecule has 71 heavy (non-hydrogen) atoms. The van der Waals surface area contributed by atoms with Crippen molar-refractivity contribution in [2.24, 2.45) is 0 Å². The van der Waals surface area contributed by atoms with Gasteiger partial charge in [0.15, 0.2) is 0 Å². The Bertz CT molecular complexity index is 1450. The second-order valence-electron chi connectivity index (χ2n) is 20.8. The zero-order valence-electron chi connectivity index (χ0n) is 46.9. The summed E-state index contributed by atoms with van der Waals surface area (Å²) in [6.07, 6.45) is 64.4. The van der Waals surface area contributed by atoms with Crippen molar-refractivity contribution in [1.82, 2.24) is 5.32 Å². The number of unbranched alkanes of at least 4 members (excludes halogenated alkanes) is 26. The number of nitrogens with one attached hydrogen (secondary N) is 1.